The van der Waals surface area contributed by atoms with Crippen molar-refractivity contribution in [2.24, 2.45) is 0 Å². The molecule has 5 nitrogen and oxygen atoms in total. The van der Waals surface area contributed by atoms with E-state index in [0.29, 0.717) is 18.7 Å². The van der Waals surface area contributed by atoms with E-state index >= 15 is 0 Å². The number of rotatable bonds is 7. The zero-order valence-corrected chi connectivity index (χ0v) is 10.3. The minimum Gasteiger partial charge on any atom is -0.497 e. The molecule has 17 heavy (non-hydrogen) atoms. The zero-order valence-electron chi connectivity index (χ0n) is 10.3. The smallest absolute Gasteiger partial charge is 0.121 e. The largest absolute Gasteiger partial charge is 0.497 e. The number of benzene rings is 1. The Balaban J connectivity index is 2.71. The van der Waals surface area contributed by atoms with Crippen LogP contribution in [0.25, 0.3) is 0 Å². The number of ether oxygens (including phenoxy) is 2. The highest BCUT2D eigenvalue weighted by Crippen LogP contribution is 2.24. The minimum absolute atomic E-state index is 0.0423. The lowest BCUT2D eigenvalue weighted by Gasteiger charge is -2.19. The number of nitrogen functional groups attached to an aromatic ring is 1. The van der Waals surface area contributed by atoms with E-state index in [0.717, 1.165) is 11.4 Å². The highest BCUT2D eigenvalue weighted by Gasteiger charge is 2.09. The number of hydrogen-bond donors (Lipinski definition) is 3. The molecular weight excluding hydrogens is 220 g/mol. The lowest BCUT2D eigenvalue weighted by Crippen LogP contribution is -2.26. The number of aliphatic hydroxyl groups excluding tert-OH is 1. The molecule has 4 N–H and O–H groups in total. The number of anilines is 2. The molecule has 0 radical (unpaired) electrons. The lowest BCUT2D eigenvalue weighted by atomic mass is 10.2. The quantitative estimate of drug-likeness (QED) is 0.622. The summed E-state index contributed by atoms with van der Waals surface area (Å²) in [6.45, 7) is 0.628. The first-order chi connectivity index (χ1) is 8.21. The van der Waals surface area contributed by atoms with Crippen LogP contribution in [0, 0.1) is 0 Å². The van der Waals surface area contributed by atoms with Crippen molar-refractivity contribution in [1.29, 1.82) is 0 Å². The fourth-order valence-electron chi connectivity index (χ4n) is 1.57. The van der Waals surface area contributed by atoms with E-state index in [1.54, 1.807) is 20.3 Å². The third-order valence-corrected chi connectivity index (χ3v) is 2.46. The van der Waals surface area contributed by atoms with E-state index in [2.05, 4.69) is 5.32 Å². The molecule has 1 unspecified atom stereocenters. The van der Waals surface area contributed by atoms with Crippen LogP contribution in [0.3, 0.4) is 0 Å². The standard InChI is InChI=1S/C12H20N2O3/c1-16-8-9(5-6-15)14-12-4-3-10(17-2)7-11(12)13/h3-4,7,9,14-15H,5-6,8,13H2,1-2H3. The van der Waals surface area contributed by atoms with Gasteiger partial charge in [-0.1, -0.05) is 0 Å². The Kier molecular flexibility index (Phi) is 5.59. The summed E-state index contributed by atoms with van der Waals surface area (Å²) in [5.41, 5.74) is 7.33. The van der Waals surface area contributed by atoms with Gasteiger partial charge < -0.3 is 25.6 Å². The summed E-state index contributed by atoms with van der Waals surface area (Å²) in [6, 6.07) is 5.49. The van der Waals surface area contributed by atoms with Crippen LogP contribution in [0.2, 0.25) is 0 Å². The Morgan fingerprint density at radius 1 is 1.41 bits per heavy atom. The number of nitrogens with one attached hydrogen (secondary N) is 1. The third kappa shape index (κ3) is 4.13. The van der Waals surface area contributed by atoms with Crippen LogP contribution in [0.5, 0.6) is 5.75 Å². The van der Waals surface area contributed by atoms with Gasteiger partial charge in [0.25, 0.3) is 0 Å². The molecule has 5 heteroatoms. The van der Waals surface area contributed by atoms with E-state index in [4.69, 9.17) is 20.3 Å². The molecule has 0 saturated carbocycles. The van der Waals surface area contributed by atoms with Crippen molar-refractivity contribution in [3.63, 3.8) is 0 Å². The molecule has 1 atom stereocenters. The Morgan fingerprint density at radius 2 is 2.18 bits per heavy atom. The first-order valence-corrected chi connectivity index (χ1v) is 5.51. The van der Waals surface area contributed by atoms with E-state index in [1.165, 1.54) is 0 Å². The molecule has 0 saturated heterocycles. The van der Waals surface area contributed by atoms with Gasteiger partial charge in [-0.2, -0.15) is 0 Å². The molecule has 0 amide bonds. The van der Waals surface area contributed by atoms with Crippen molar-refractivity contribution >= 4 is 11.4 Å². The Morgan fingerprint density at radius 3 is 2.71 bits per heavy atom. The molecule has 0 aliphatic carbocycles. The number of methoxy groups -OCH3 is 2. The maximum atomic E-state index is 8.95. The van der Waals surface area contributed by atoms with Gasteiger partial charge in [0.15, 0.2) is 0 Å². The van der Waals surface area contributed by atoms with Gasteiger partial charge in [-0.05, 0) is 18.6 Å². The van der Waals surface area contributed by atoms with Crippen LogP contribution in [0.4, 0.5) is 11.4 Å². The van der Waals surface area contributed by atoms with Crippen molar-refractivity contribution in [3.8, 4) is 5.75 Å². The third-order valence-electron chi connectivity index (χ3n) is 2.46. The second-order valence-electron chi connectivity index (χ2n) is 3.76. The molecule has 0 bridgehead atoms. The van der Waals surface area contributed by atoms with Gasteiger partial charge in [-0.15, -0.1) is 0 Å². The van der Waals surface area contributed by atoms with Gasteiger partial charge in [0.05, 0.1) is 31.1 Å². The topological polar surface area (TPSA) is 76.7 Å². The van der Waals surface area contributed by atoms with Gasteiger partial charge in [-0.3, -0.25) is 0 Å². The fourth-order valence-corrected chi connectivity index (χ4v) is 1.57. The molecule has 0 fully saturated rings. The van der Waals surface area contributed by atoms with Crippen LogP contribution in [0.15, 0.2) is 18.2 Å². The second kappa shape index (κ2) is 6.98. The van der Waals surface area contributed by atoms with Crippen LogP contribution >= 0.6 is 0 Å². The normalized spacial score (nSPS) is 12.2. The zero-order chi connectivity index (χ0) is 12.7. The van der Waals surface area contributed by atoms with E-state index in [9.17, 15) is 0 Å². The summed E-state index contributed by atoms with van der Waals surface area (Å²) in [4.78, 5) is 0. The van der Waals surface area contributed by atoms with Gasteiger partial charge in [-0.25, -0.2) is 0 Å². The summed E-state index contributed by atoms with van der Waals surface area (Å²) in [7, 11) is 3.23. The first kappa shape index (κ1) is 13.6. The number of hydrogen-bond acceptors (Lipinski definition) is 5. The molecule has 0 aromatic heterocycles. The van der Waals surface area contributed by atoms with Crippen LogP contribution in [-0.4, -0.2) is 38.6 Å². The first-order valence-electron chi connectivity index (χ1n) is 5.51. The number of nitrogens with two attached hydrogens (primary N) is 1. The molecule has 1 aromatic rings. The van der Waals surface area contributed by atoms with Crippen LogP contribution in [-0.2, 0) is 4.74 Å². The summed E-state index contributed by atoms with van der Waals surface area (Å²) in [5.74, 6) is 0.721. The molecule has 0 aliphatic rings. The average molecular weight is 240 g/mol. The van der Waals surface area contributed by atoms with Crippen molar-refractivity contribution < 1.29 is 14.6 Å². The molecule has 0 aliphatic heterocycles. The van der Waals surface area contributed by atoms with Crippen LogP contribution in [0.1, 0.15) is 6.42 Å². The molecule has 1 rings (SSSR count). The Hall–Kier alpha value is -1.46. The van der Waals surface area contributed by atoms with Crippen molar-refractivity contribution in [2.45, 2.75) is 12.5 Å². The second-order valence-corrected chi connectivity index (χ2v) is 3.76. The maximum absolute atomic E-state index is 8.95. The lowest BCUT2D eigenvalue weighted by molar-refractivity contribution is 0.170. The van der Waals surface area contributed by atoms with E-state index < -0.39 is 0 Å². The van der Waals surface area contributed by atoms with Crippen molar-refractivity contribution in [3.05, 3.63) is 18.2 Å². The summed E-state index contributed by atoms with van der Waals surface area (Å²) < 4.78 is 10.2. The predicted molar refractivity (Wildman–Crippen MR) is 68.4 cm³/mol. The Labute approximate surface area is 102 Å². The highest BCUT2D eigenvalue weighted by atomic mass is 16.5. The highest BCUT2D eigenvalue weighted by molar-refractivity contribution is 5.68. The number of aliphatic hydroxyl groups is 1. The van der Waals surface area contributed by atoms with Gasteiger partial charge >= 0.3 is 0 Å². The van der Waals surface area contributed by atoms with E-state index in [-0.39, 0.29) is 12.6 Å². The predicted octanol–water partition coefficient (Wildman–Crippen LogP) is 1.09. The molecular formula is C12H20N2O3. The Bertz CT molecular complexity index is 339. The average Bonchev–Trinajstić information content (AvgIpc) is 2.32. The maximum Gasteiger partial charge on any atom is 0.121 e. The van der Waals surface area contributed by atoms with Gasteiger partial charge in [0.1, 0.15) is 5.75 Å². The molecule has 96 valence electrons. The summed E-state index contributed by atoms with van der Waals surface area (Å²) in [5, 5.41) is 12.2. The summed E-state index contributed by atoms with van der Waals surface area (Å²) >= 11 is 0. The van der Waals surface area contributed by atoms with E-state index in [1.807, 2.05) is 12.1 Å². The molecule has 0 spiro atoms. The molecule has 1 aromatic carbocycles. The van der Waals surface area contributed by atoms with Gasteiger partial charge in [0, 0.05) is 19.8 Å². The monoisotopic (exact) mass is 240 g/mol. The fraction of sp³-hybridized carbons (Fsp3) is 0.500. The summed E-state index contributed by atoms with van der Waals surface area (Å²) in [6.07, 6.45) is 0.610. The minimum atomic E-state index is 0.0423. The van der Waals surface area contributed by atoms with Crippen molar-refractivity contribution in [1.82, 2.24) is 0 Å². The SMILES string of the molecule is COCC(CCO)Nc1ccc(OC)cc1N. The van der Waals surface area contributed by atoms with Crippen LogP contribution < -0.4 is 15.8 Å². The molecule has 0 heterocycles. The van der Waals surface area contributed by atoms with Crippen molar-refractivity contribution in [2.75, 3.05) is 38.5 Å². The van der Waals surface area contributed by atoms with Gasteiger partial charge in [0.2, 0.25) is 0 Å².